The van der Waals surface area contributed by atoms with Gasteiger partial charge in [0, 0.05) is 36.4 Å². The standard InChI is InChI=1S/C21H25N3O2S2/c1-2-25-12-13-27-20-19-17(16-6-4-3-5-7-16)15-28-21(19)23-18(22-20)14-24-8-10-26-11-9-24/h3-7,15H,2,8-14H2,1H3. The van der Waals surface area contributed by atoms with Crippen LogP contribution in [0.2, 0.25) is 0 Å². The monoisotopic (exact) mass is 415 g/mol. The molecule has 3 aromatic rings. The third-order valence-corrected chi connectivity index (χ3v) is 6.48. The second kappa shape index (κ2) is 9.80. The molecule has 5 nitrogen and oxygen atoms in total. The second-order valence-corrected chi connectivity index (χ2v) is 8.52. The number of nitrogens with zero attached hydrogens (tertiary/aromatic N) is 3. The van der Waals surface area contributed by atoms with E-state index in [-0.39, 0.29) is 0 Å². The summed E-state index contributed by atoms with van der Waals surface area (Å²) in [4.78, 5) is 13.3. The molecule has 1 fully saturated rings. The zero-order chi connectivity index (χ0) is 19.2. The van der Waals surface area contributed by atoms with Gasteiger partial charge < -0.3 is 9.47 Å². The summed E-state index contributed by atoms with van der Waals surface area (Å²) in [6, 6.07) is 10.5. The summed E-state index contributed by atoms with van der Waals surface area (Å²) in [5, 5.41) is 4.44. The minimum Gasteiger partial charge on any atom is -0.381 e. The lowest BCUT2D eigenvalue weighted by molar-refractivity contribution is 0.0330. The first-order chi connectivity index (χ1) is 13.8. The maximum atomic E-state index is 5.53. The zero-order valence-electron chi connectivity index (χ0n) is 16.1. The van der Waals surface area contributed by atoms with E-state index in [1.54, 1.807) is 23.1 Å². The van der Waals surface area contributed by atoms with Crippen molar-refractivity contribution >= 4 is 33.3 Å². The molecule has 1 aliphatic heterocycles. The Labute approximate surface area is 174 Å². The minimum absolute atomic E-state index is 0.732. The molecular formula is C21H25N3O2S2. The third kappa shape index (κ3) is 4.72. The molecule has 4 rings (SSSR count). The van der Waals surface area contributed by atoms with Crippen LogP contribution in [-0.2, 0) is 16.0 Å². The van der Waals surface area contributed by atoms with Crippen LogP contribution < -0.4 is 0 Å². The molecule has 1 saturated heterocycles. The van der Waals surface area contributed by atoms with E-state index in [4.69, 9.17) is 19.4 Å². The first kappa shape index (κ1) is 19.8. The number of ether oxygens (including phenoxy) is 2. The molecule has 0 unspecified atom stereocenters. The fourth-order valence-corrected chi connectivity index (χ4v) is 5.20. The van der Waals surface area contributed by atoms with Crippen LogP contribution in [0, 0.1) is 0 Å². The van der Waals surface area contributed by atoms with E-state index in [9.17, 15) is 0 Å². The molecule has 0 radical (unpaired) electrons. The quantitative estimate of drug-likeness (QED) is 0.310. The molecule has 2 aromatic heterocycles. The average molecular weight is 416 g/mol. The van der Waals surface area contributed by atoms with Crippen LogP contribution in [0.3, 0.4) is 0 Å². The lowest BCUT2D eigenvalue weighted by atomic mass is 10.1. The van der Waals surface area contributed by atoms with Crippen molar-refractivity contribution in [3.8, 4) is 11.1 Å². The Morgan fingerprint density at radius 3 is 2.79 bits per heavy atom. The van der Waals surface area contributed by atoms with Gasteiger partial charge in [-0.05, 0) is 12.5 Å². The number of aromatic nitrogens is 2. The fourth-order valence-electron chi connectivity index (χ4n) is 3.26. The summed E-state index contributed by atoms with van der Waals surface area (Å²) in [6.45, 7) is 7.73. The fraction of sp³-hybridized carbons (Fsp3) is 0.429. The summed E-state index contributed by atoms with van der Waals surface area (Å²) in [7, 11) is 0. The van der Waals surface area contributed by atoms with E-state index in [2.05, 4.69) is 34.5 Å². The summed E-state index contributed by atoms with van der Waals surface area (Å²) in [5.41, 5.74) is 2.43. The van der Waals surface area contributed by atoms with Crippen molar-refractivity contribution in [3.05, 3.63) is 41.5 Å². The van der Waals surface area contributed by atoms with Gasteiger partial charge in [-0.25, -0.2) is 9.97 Å². The van der Waals surface area contributed by atoms with Gasteiger partial charge in [-0.1, -0.05) is 30.3 Å². The number of thioether (sulfide) groups is 1. The van der Waals surface area contributed by atoms with Gasteiger partial charge in [-0.3, -0.25) is 4.90 Å². The molecule has 1 aromatic carbocycles. The van der Waals surface area contributed by atoms with Crippen molar-refractivity contribution in [2.45, 2.75) is 18.5 Å². The lowest BCUT2D eigenvalue weighted by Crippen LogP contribution is -2.36. The first-order valence-corrected chi connectivity index (χ1v) is 11.6. The second-order valence-electron chi connectivity index (χ2n) is 6.57. The molecule has 0 spiro atoms. The van der Waals surface area contributed by atoms with Gasteiger partial charge >= 0.3 is 0 Å². The van der Waals surface area contributed by atoms with Gasteiger partial charge in [-0.2, -0.15) is 0 Å². The highest BCUT2D eigenvalue weighted by Crippen LogP contribution is 2.38. The normalized spacial score (nSPS) is 15.3. The van der Waals surface area contributed by atoms with Crippen LogP contribution in [0.1, 0.15) is 12.7 Å². The van der Waals surface area contributed by atoms with Crippen molar-refractivity contribution in [1.29, 1.82) is 0 Å². The summed E-state index contributed by atoms with van der Waals surface area (Å²) < 4.78 is 11.0. The van der Waals surface area contributed by atoms with E-state index < -0.39 is 0 Å². The zero-order valence-corrected chi connectivity index (χ0v) is 17.7. The predicted octanol–water partition coefficient (Wildman–Crippen LogP) is 4.32. The Morgan fingerprint density at radius 1 is 1.18 bits per heavy atom. The van der Waals surface area contributed by atoms with Crippen LogP contribution in [0.4, 0.5) is 0 Å². The predicted molar refractivity (Wildman–Crippen MR) is 116 cm³/mol. The Balaban J connectivity index is 1.67. The van der Waals surface area contributed by atoms with Crippen LogP contribution in [0.5, 0.6) is 0 Å². The molecule has 0 amide bonds. The van der Waals surface area contributed by atoms with Gasteiger partial charge in [0.05, 0.1) is 31.8 Å². The number of hydrogen-bond donors (Lipinski definition) is 0. The van der Waals surface area contributed by atoms with E-state index >= 15 is 0 Å². The molecule has 7 heteroatoms. The van der Waals surface area contributed by atoms with Gasteiger partial charge in [0.2, 0.25) is 0 Å². The number of fused-ring (bicyclic) bond motifs is 1. The topological polar surface area (TPSA) is 47.5 Å². The molecule has 0 bridgehead atoms. The van der Waals surface area contributed by atoms with E-state index in [0.29, 0.717) is 0 Å². The third-order valence-electron chi connectivity index (χ3n) is 4.67. The minimum atomic E-state index is 0.732. The van der Waals surface area contributed by atoms with Crippen LogP contribution in [0.15, 0.2) is 40.7 Å². The Kier molecular flexibility index (Phi) is 6.93. The Morgan fingerprint density at radius 2 is 2.00 bits per heavy atom. The highest BCUT2D eigenvalue weighted by Gasteiger charge is 2.18. The molecule has 0 N–H and O–H groups in total. The molecule has 1 aliphatic rings. The van der Waals surface area contributed by atoms with Gasteiger partial charge in [-0.15, -0.1) is 23.1 Å². The highest BCUT2D eigenvalue weighted by molar-refractivity contribution is 7.99. The Bertz CT molecular complexity index is 895. The summed E-state index contributed by atoms with van der Waals surface area (Å²) >= 11 is 3.47. The largest absolute Gasteiger partial charge is 0.381 e. The number of thiophene rings is 1. The number of hydrogen-bond acceptors (Lipinski definition) is 7. The van der Waals surface area contributed by atoms with Crippen LogP contribution in [-0.4, -0.2) is 60.1 Å². The number of benzene rings is 1. The van der Waals surface area contributed by atoms with Crippen LogP contribution in [0.25, 0.3) is 21.3 Å². The van der Waals surface area contributed by atoms with Crippen molar-refractivity contribution in [2.75, 3.05) is 45.3 Å². The smallest absolute Gasteiger partial charge is 0.145 e. The maximum absolute atomic E-state index is 5.53. The summed E-state index contributed by atoms with van der Waals surface area (Å²) in [5.74, 6) is 1.79. The number of morpholine rings is 1. The summed E-state index contributed by atoms with van der Waals surface area (Å²) in [6.07, 6.45) is 0. The maximum Gasteiger partial charge on any atom is 0.145 e. The number of rotatable bonds is 8. The molecule has 0 atom stereocenters. The van der Waals surface area contributed by atoms with E-state index in [1.165, 1.54) is 16.5 Å². The highest BCUT2D eigenvalue weighted by atomic mass is 32.2. The Hall–Kier alpha value is -1.51. The van der Waals surface area contributed by atoms with Gasteiger partial charge in [0.25, 0.3) is 0 Å². The van der Waals surface area contributed by atoms with E-state index in [0.717, 1.165) is 67.5 Å². The van der Waals surface area contributed by atoms with Gasteiger partial charge in [0.15, 0.2) is 0 Å². The molecule has 3 heterocycles. The van der Waals surface area contributed by atoms with Crippen molar-refractivity contribution in [1.82, 2.24) is 14.9 Å². The van der Waals surface area contributed by atoms with Crippen molar-refractivity contribution in [3.63, 3.8) is 0 Å². The van der Waals surface area contributed by atoms with Crippen LogP contribution >= 0.6 is 23.1 Å². The van der Waals surface area contributed by atoms with Crippen molar-refractivity contribution in [2.24, 2.45) is 0 Å². The first-order valence-electron chi connectivity index (χ1n) is 9.69. The van der Waals surface area contributed by atoms with Crippen molar-refractivity contribution < 1.29 is 9.47 Å². The molecule has 0 saturated carbocycles. The lowest BCUT2D eigenvalue weighted by Gasteiger charge is -2.25. The molecule has 148 valence electrons. The molecule has 28 heavy (non-hydrogen) atoms. The molecule has 0 aliphatic carbocycles. The van der Waals surface area contributed by atoms with Gasteiger partial charge in [0.1, 0.15) is 15.7 Å². The van der Waals surface area contributed by atoms with E-state index in [1.807, 2.05) is 13.0 Å². The SMILES string of the molecule is CCOCCSc1nc(CN2CCOCC2)nc2scc(-c3ccccc3)c12. The average Bonchev–Trinajstić information content (AvgIpc) is 3.17. The molecular weight excluding hydrogens is 390 g/mol.